The molecule has 2 aromatic rings. The molecule has 0 bridgehead atoms. The number of ether oxygens (including phenoxy) is 1. The van der Waals surface area contributed by atoms with Gasteiger partial charge < -0.3 is 4.74 Å². The molecule has 0 saturated carbocycles. The summed E-state index contributed by atoms with van der Waals surface area (Å²) in [5, 5.41) is 0.696. The van der Waals surface area contributed by atoms with E-state index < -0.39 is 0 Å². The second-order valence-corrected chi connectivity index (χ2v) is 4.43. The van der Waals surface area contributed by atoms with Gasteiger partial charge in [0, 0.05) is 10.9 Å². The number of rotatable bonds is 4. The lowest BCUT2D eigenvalue weighted by molar-refractivity contribution is 0.482. The van der Waals surface area contributed by atoms with Crippen molar-refractivity contribution in [2.75, 3.05) is 5.88 Å². The van der Waals surface area contributed by atoms with Gasteiger partial charge in [-0.2, -0.15) is 0 Å². The summed E-state index contributed by atoms with van der Waals surface area (Å²) in [4.78, 5) is 0. The fourth-order valence-electron chi connectivity index (χ4n) is 1.50. The molecular formula is C15H12Cl2O. The normalized spacial score (nSPS) is 10.8. The molecule has 0 aliphatic heterocycles. The molecule has 0 aliphatic rings. The van der Waals surface area contributed by atoms with Gasteiger partial charge in [0.25, 0.3) is 0 Å². The number of allylic oxidation sites excluding steroid dienone is 1. The Labute approximate surface area is 117 Å². The van der Waals surface area contributed by atoms with E-state index in [2.05, 4.69) is 0 Å². The molecule has 0 unspecified atom stereocenters. The molecule has 0 spiro atoms. The smallest absolute Gasteiger partial charge is 0.128 e. The standard InChI is InChI=1S/C15H12Cl2O/c16-10-2-4-12-3-1-5-15(11-12)18-14-8-6-13(17)7-9-14/h1-9,11H,10H2/b4-2+. The zero-order chi connectivity index (χ0) is 12.8. The SMILES string of the molecule is ClC/C=C/c1cccc(Oc2ccc(Cl)cc2)c1. The van der Waals surface area contributed by atoms with Gasteiger partial charge >= 0.3 is 0 Å². The van der Waals surface area contributed by atoms with Crippen molar-refractivity contribution >= 4 is 29.3 Å². The first kappa shape index (κ1) is 13.0. The molecule has 2 rings (SSSR count). The van der Waals surface area contributed by atoms with E-state index in [0.717, 1.165) is 17.1 Å². The third kappa shape index (κ3) is 3.80. The second kappa shape index (κ2) is 6.48. The van der Waals surface area contributed by atoms with Gasteiger partial charge in [0.2, 0.25) is 0 Å². The number of alkyl halides is 1. The van der Waals surface area contributed by atoms with Crippen molar-refractivity contribution in [2.24, 2.45) is 0 Å². The molecule has 18 heavy (non-hydrogen) atoms. The Hall–Kier alpha value is -1.44. The topological polar surface area (TPSA) is 9.23 Å². The van der Waals surface area contributed by atoms with E-state index in [4.69, 9.17) is 27.9 Å². The minimum absolute atomic E-state index is 0.502. The third-order valence-corrected chi connectivity index (χ3v) is 2.74. The number of hydrogen-bond donors (Lipinski definition) is 0. The molecule has 0 fully saturated rings. The van der Waals surface area contributed by atoms with Crippen molar-refractivity contribution in [3.8, 4) is 11.5 Å². The minimum Gasteiger partial charge on any atom is -0.457 e. The van der Waals surface area contributed by atoms with Crippen LogP contribution in [0.25, 0.3) is 6.08 Å². The van der Waals surface area contributed by atoms with Crippen LogP contribution in [-0.4, -0.2) is 5.88 Å². The second-order valence-electron chi connectivity index (χ2n) is 3.69. The van der Waals surface area contributed by atoms with Crippen molar-refractivity contribution in [2.45, 2.75) is 0 Å². The first-order valence-corrected chi connectivity index (χ1v) is 6.45. The van der Waals surface area contributed by atoms with Gasteiger partial charge in [-0.05, 0) is 42.0 Å². The molecule has 0 aliphatic carbocycles. The predicted octanol–water partition coefficient (Wildman–Crippen LogP) is 5.38. The van der Waals surface area contributed by atoms with Crippen LogP contribution in [0.3, 0.4) is 0 Å². The average Bonchev–Trinajstić information content (AvgIpc) is 2.40. The summed E-state index contributed by atoms with van der Waals surface area (Å²) in [7, 11) is 0. The quantitative estimate of drug-likeness (QED) is 0.682. The summed E-state index contributed by atoms with van der Waals surface area (Å²) < 4.78 is 5.73. The molecule has 0 saturated heterocycles. The van der Waals surface area contributed by atoms with Crippen LogP contribution in [0.5, 0.6) is 11.5 Å². The van der Waals surface area contributed by atoms with Crippen molar-refractivity contribution in [3.63, 3.8) is 0 Å². The summed E-state index contributed by atoms with van der Waals surface area (Å²) in [6, 6.07) is 15.1. The Morgan fingerprint density at radius 2 is 1.78 bits per heavy atom. The largest absolute Gasteiger partial charge is 0.457 e. The van der Waals surface area contributed by atoms with Crippen molar-refractivity contribution < 1.29 is 4.74 Å². The highest BCUT2D eigenvalue weighted by Gasteiger charge is 1.97. The van der Waals surface area contributed by atoms with Crippen LogP contribution < -0.4 is 4.74 Å². The Morgan fingerprint density at radius 3 is 2.50 bits per heavy atom. The molecule has 0 amide bonds. The van der Waals surface area contributed by atoms with Crippen molar-refractivity contribution in [1.29, 1.82) is 0 Å². The van der Waals surface area contributed by atoms with Gasteiger partial charge in [0.15, 0.2) is 0 Å². The maximum Gasteiger partial charge on any atom is 0.128 e. The third-order valence-electron chi connectivity index (χ3n) is 2.31. The zero-order valence-electron chi connectivity index (χ0n) is 9.64. The summed E-state index contributed by atoms with van der Waals surface area (Å²) in [5.41, 5.74) is 1.06. The Bertz CT molecular complexity index is 532. The van der Waals surface area contributed by atoms with Crippen molar-refractivity contribution in [1.82, 2.24) is 0 Å². The van der Waals surface area contributed by atoms with E-state index in [1.54, 1.807) is 12.1 Å². The fourth-order valence-corrected chi connectivity index (χ4v) is 1.72. The van der Waals surface area contributed by atoms with Gasteiger partial charge in [-0.3, -0.25) is 0 Å². The van der Waals surface area contributed by atoms with Gasteiger partial charge in [0.05, 0.1) is 0 Å². The van der Waals surface area contributed by atoms with Crippen LogP contribution >= 0.6 is 23.2 Å². The molecule has 0 atom stereocenters. The summed E-state index contributed by atoms with van der Waals surface area (Å²) in [5.74, 6) is 2.05. The molecular weight excluding hydrogens is 267 g/mol. The van der Waals surface area contributed by atoms with Gasteiger partial charge in [0.1, 0.15) is 11.5 Å². The average molecular weight is 279 g/mol. The molecule has 1 nitrogen and oxygen atoms in total. The molecule has 3 heteroatoms. The number of benzene rings is 2. The zero-order valence-corrected chi connectivity index (χ0v) is 11.2. The first-order chi connectivity index (χ1) is 8.78. The maximum atomic E-state index is 5.82. The van der Waals surface area contributed by atoms with E-state index in [1.165, 1.54) is 0 Å². The van der Waals surface area contributed by atoms with Gasteiger partial charge in [-0.15, -0.1) is 11.6 Å². The van der Waals surface area contributed by atoms with Crippen LogP contribution in [0.2, 0.25) is 5.02 Å². The van der Waals surface area contributed by atoms with Crippen molar-refractivity contribution in [3.05, 3.63) is 65.2 Å². The fraction of sp³-hybridized carbons (Fsp3) is 0.0667. The van der Waals surface area contributed by atoms with E-state index in [-0.39, 0.29) is 0 Å². The van der Waals surface area contributed by atoms with Gasteiger partial charge in [-0.1, -0.05) is 35.9 Å². The number of halogens is 2. The Kier molecular flexibility index (Phi) is 4.68. The van der Waals surface area contributed by atoms with E-state index in [9.17, 15) is 0 Å². The molecule has 0 radical (unpaired) electrons. The van der Waals surface area contributed by atoms with Gasteiger partial charge in [-0.25, -0.2) is 0 Å². The van der Waals surface area contributed by atoms with Crippen LogP contribution in [0.4, 0.5) is 0 Å². The number of hydrogen-bond acceptors (Lipinski definition) is 1. The first-order valence-electron chi connectivity index (χ1n) is 5.54. The monoisotopic (exact) mass is 278 g/mol. The lowest BCUT2D eigenvalue weighted by Gasteiger charge is -2.06. The van der Waals surface area contributed by atoms with E-state index in [1.807, 2.05) is 48.6 Å². The highest BCUT2D eigenvalue weighted by molar-refractivity contribution is 6.30. The molecule has 0 aromatic heterocycles. The summed E-state index contributed by atoms with van der Waals surface area (Å²) >= 11 is 11.4. The molecule has 92 valence electrons. The lowest BCUT2D eigenvalue weighted by Crippen LogP contribution is -1.84. The highest BCUT2D eigenvalue weighted by atomic mass is 35.5. The van der Waals surface area contributed by atoms with E-state index >= 15 is 0 Å². The van der Waals surface area contributed by atoms with Crippen LogP contribution in [0, 0.1) is 0 Å². The lowest BCUT2D eigenvalue weighted by atomic mass is 10.2. The van der Waals surface area contributed by atoms with E-state index in [0.29, 0.717) is 10.9 Å². The molecule has 0 heterocycles. The van der Waals surface area contributed by atoms with Crippen LogP contribution in [-0.2, 0) is 0 Å². The Balaban J connectivity index is 2.14. The summed E-state index contributed by atoms with van der Waals surface area (Å²) in [6.45, 7) is 0. The summed E-state index contributed by atoms with van der Waals surface area (Å²) in [6.07, 6.45) is 3.85. The van der Waals surface area contributed by atoms with Crippen LogP contribution in [0.15, 0.2) is 54.6 Å². The minimum atomic E-state index is 0.502. The highest BCUT2D eigenvalue weighted by Crippen LogP contribution is 2.24. The predicted molar refractivity (Wildman–Crippen MR) is 77.7 cm³/mol. The molecule has 0 N–H and O–H groups in total. The Morgan fingerprint density at radius 1 is 1.00 bits per heavy atom. The molecule has 2 aromatic carbocycles. The maximum absolute atomic E-state index is 5.82. The van der Waals surface area contributed by atoms with Crippen LogP contribution in [0.1, 0.15) is 5.56 Å².